The number of esters is 1. The number of hydrogen-bond acceptors (Lipinski definition) is 6. The maximum absolute atomic E-state index is 11.9. The molecule has 0 spiro atoms. The lowest BCUT2D eigenvalue weighted by Gasteiger charge is -2.15. The number of ether oxygens (including phenoxy) is 3. The van der Waals surface area contributed by atoms with E-state index in [-0.39, 0.29) is 12.6 Å². The zero-order chi connectivity index (χ0) is 19.5. The van der Waals surface area contributed by atoms with Gasteiger partial charge in [0.15, 0.2) is 24.2 Å². The molecule has 2 N–H and O–H groups in total. The molecule has 1 rings (SSSR count). The topological polar surface area (TPSA) is 103 Å². The van der Waals surface area contributed by atoms with E-state index in [0.29, 0.717) is 18.1 Å². The third-order valence-corrected chi connectivity index (χ3v) is 2.99. The Kier molecular flexibility index (Phi) is 8.97. The minimum atomic E-state index is -1.13. The molecule has 1 aromatic rings. The predicted molar refractivity (Wildman–Crippen MR) is 95.1 cm³/mol. The van der Waals surface area contributed by atoms with Crippen molar-refractivity contribution >= 4 is 17.9 Å². The van der Waals surface area contributed by atoms with Crippen LogP contribution in [0.2, 0.25) is 0 Å². The van der Waals surface area contributed by atoms with E-state index < -0.39 is 24.0 Å². The Balaban J connectivity index is 2.46. The van der Waals surface area contributed by atoms with Gasteiger partial charge in [0.25, 0.3) is 5.91 Å². The summed E-state index contributed by atoms with van der Waals surface area (Å²) in [5, 5.41) is 4.60. The van der Waals surface area contributed by atoms with Crippen molar-refractivity contribution in [2.45, 2.75) is 46.3 Å². The lowest BCUT2D eigenvalue weighted by Crippen LogP contribution is -2.46. The van der Waals surface area contributed by atoms with Gasteiger partial charge < -0.3 is 19.5 Å². The van der Waals surface area contributed by atoms with Gasteiger partial charge in [-0.25, -0.2) is 9.59 Å². The van der Waals surface area contributed by atoms with Crippen molar-refractivity contribution in [3.05, 3.63) is 24.3 Å². The Labute approximate surface area is 153 Å². The standard InChI is InChI=1S/C18H26N2O6/c1-5-10-24-14-8-6-7-9-15(14)25-11-16(21)26-13(4)17(22)20-18(23)19-12(2)3/h6-9,12-13H,5,10-11H2,1-4H3,(H2,19,20,22,23)/t13-/m1/s1. The number of imide groups is 1. The first-order valence-corrected chi connectivity index (χ1v) is 8.49. The predicted octanol–water partition coefficient (Wildman–Crippen LogP) is 2.02. The number of benzene rings is 1. The summed E-state index contributed by atoms with van der Waals surface area (Å²) in [6.07, 6.45) is -0.288. The first-order chi connectivity index (χ1) is 12.3. The van der Waals surface area contributed by atoms with Crippen molar-refractivity contribution in [2.75, 3.05) is 13.2 Å². The molecular formula is C18H26N2O6. The third kappa shape index (κ3) is 7.87. The molecular weight excluding hydrogens is 340 g/mol. The van der Waals surface area contributed by atoms with Gasteiger partial charge in [-0.3, -0.25) is 10.1 Å². The number of amides is 3. The number of carbonyl (C=O) groups is 3. The molecule has 0 bridgehead atoms. The molecule has 0 aliphatic heterocycles. The Morgan fingerprint density at radius 1 is 1.04 bits per heavy atom. The molecule has 0 saturated carbocycles. The van der Waals surface area contributed by atoms with Crippen LogP contribution in [0.4, 0.5) is 4.79 Å². The summed E-state index contributed by atoms with van der Waals surface area (Å²) in [6.45, 7) is 7.01. The molecule has 0 aliphatic rings. The van der Waals surface area contributed by atoms with Gasteiger partial charge in [-0.1, -0.05) is 19.1 Å². The van der Waals surface area contributed by atoms with Crippen molar-refractivity contribution in [1.82, 2.24) is 10.6 Å². The summed E-state index contributed by atoms with van der Waals surface area (Å²) in [7, 11) is 0. The molecule has 1 aromatic carbocycles. The summed E-state index contributed by atoms with van der Waals surface area (Å²) in [4.78, 5) is 35.1. The van der Waals surface area contributed by atoms with Crippen LogP contribution in [-0.4, -0.2) is 43.3 Å². The fourth-order valence-electron chi connectivity index (χ4n) is 1.83. The highest BCUT2D eigenvalue weighted by atomic mass is 16.6. The fourth-order valence-corrected chi connectivity index (χ4v) is 1.83. The number of nitrogens with one attached hydrogen (secondary N) is 2. The Bertz CT molecular complexity index is 617. The first kappa shape index (κ1) is 21.3. The van der Waals surface area contributed by atoms with Gasteiger partial charge >= 0.3 is 12.0 Å². The van der Waals surface area contributed by atoms with E-state index in [1.165, 1.54) is 6.92 Å². The molecule has 8 nitrogen and oxygen atoms in total. The van der Waals surface area contributed by atoms with E-state index in [2.05, 4.69) is 10.6 Å². The maximum atomic E-state index is 11.9. The van der Waals surface area contributed by atoms with Crippen LogP contribution < -0.4 is 20.1 Å². The van der Waals surface area contributed by atoms with Gasteiger partial charge in [0, 0.05) is 6.04 Å². The normalized spacial score (nSPS) is 11.4. The van der Waals surface area contributed by atoms with E-state index in [0.717, 1.165) is 6.42 Å². The molecule has 3 amide bonds. The molecule has 0 heterocycles. The molecule has 0 aliphatic carbocycles. The molecule has 0 fully saturated rings. The summed E-state index contributed by atoms with van der Waals surface area (Å²) in [5.41, 5.74) is 0. The molecule has 8 heteroatoms. The highest BCUT2D eigenvalue weighted by Gasteiger charge is 2.20. The number of rotatable bonds is 9. The van der Waals surface area contributed by atoms with Crippen LogP contribution in [0.5, 0.6) is 11.5 Å². The van der Waals surface area contributed by atoms with Gasteiger partial charge in [0.2, 0.25) is 0 Å². The van der Waals surface area contributed by atoms with Gasteiger partial charge in [-0.2, -0.15) is 0 Å². The summed E-state index contributed by atoms with van der Waals surface area (Å²) in [6, 6.07) is 6.19. The van der Waals surface area contributed by atoms with E-state index in [9.17, 15) is 14.4 Å². The Hall–Kier alpha value is -2.77. The quantitative estimate of drug-likeness (QED) is 0.648. The molecule has 0 unspecified atom stereocenters. The highest BCUT2D eigenvalue weighted by Crippen LogP contribution is 2.26. The maximum Gasteiger partial charge on any atom is 0.344 e. The first-order valence-electron chi connectivity index (χ1n) is 8.49. The highest BCUT2D eigenvalue weighted by molar-refractivity contribution is 5.97. The fraction of sp³-hybridized carbons (Fsp3) is 0.500. The SMILES string of the molecule is CCCOc1ccccc1OCC(=O)O[C@H](C)C(=O)NC(=O)NC(C)C. The van der Waals surface area contributed by atoms with Gasteiger partial charge in [0.1, 0.15) is 0 Å². The largest absolute Gasteiger partial charge is 0.490 e. The lowest BCUT2D eigenvalue weighted by atomic mass is 10.3. The zero-order valence-electron chi connectivity index (χ0n) is 15.5. The average Bonchev–Trinajstić information content (AvgIpc) is 2.57. The van der Waals surface area contributed by atoms with Crippen LogP contribution >= 0.6 is 0 Å². The lowest BCUT2D eigenvalue weighted by molar-refractivity contribution is -0.156. The number of carbonyl (C=O) groups excluding carboxylic acids is 3. The van der Waals surface area contributed by atoms with Crippen LogP contribution in [0, 0.1) is 0 Å². The number of para-hydroxylation sites is 2. The van der Waals surface area contributed by atoms with Crippen LogP contribution in [0.25, 0.3) is 0 Å². The summed E-state index contributed by atoms with van der Waals surface area (Å²) >= 11 is 0. The second kappa shape index (κ2) is 11.0. The summed E-state index contributed by atoms with van der Waals surface area (Å²) < 4.78 is 15.9. The monoisotopic (exact) mass is 366 g/mol. The zero-order valence-corrected chi connectivity index (χ0v) is 15.5. The van der Waals surface area contributed by atoms with Crippen LogP contribution in [0.3, 0.4) is 0 Å². The van der Waals surface area contributed by atoms with Crippen molar-refractivity contribution < 1.29 is 28.6 Å². The van der Waals surface area contributed by atoms with Crippen LogP contribution in [0.1, 0.15) is 34.1 Å². The average molecular weight is 366 g/mol. The van der Waals surface area contributed by atoms with Crippen molar-refractivity contribution in [1.29, 1.82) is 0 Å². The van der Waals surface area contributed by atoms with Crippen LogP contribution in [0.15, 0.2) is 24.3 Å². The number of urea groups is 1. The molecule has 1 atom stereocenters. The van der Waals surface area contributed by atoms with E-state index in [1.54, 1.807) is 38.1 Å². The Morgan fingerprint density at radius 2 is 1.65 bits per heavy atom. The minimum absolute atomic E-state index is 0.121. The molecule has 0 saturated heterocycles. The molecule has 0 radical (unpaired) electrons. The van der Waals surface area contributed by atoms with Gasteiger partial charge in [-0.15, -0.1) is 0 Å². The summed E-state index contributed by atoms with van der Waals surface area (Å²) in [5.74, 6) is -0.519. The van der Waals surface area contributed by atoms with Gasteiger partial charge in [-0.05, 0) is 39.3 Å². The van der Waals surface area contributed by atoms with E-state index in [4.69, 9.17) is 14.2 Å². The Morgan fingerprint density at radius 3 is 2.23 bits per heavy atom. The molecule has 144 valence electrons. The van der Waals surface area contributed by atoms with Crippen molar-refractivity contribution in [3.8, 4) is 11.5 Å². The van der Waals surface area contributed by atoms with Crippen LogP contribution in [-0.2, 0) is 14.3 Å². The van der Waals surface area contributed by atoms with E-state index >= 15 is 0 Å². The molecule has 26 heavy (non-hydrogen) atoms. The van der Waals surface area contributed by atoms with Crippen molar-refractivity contribution in [2.24, 2.45) is 0 Å². The second-order valence-electron chi connectivity index (χ2n) is 5.83. The van der Waals surface area contributed by atoms with E-state index in [1.807, 2.05) is 6.92 Å². The number of hydrogen-bond donors (Lipinski definition) is 2. The second-order valence-corrected chi connectivity index (χ2v) is 5.83. The van der Waals surface area contributed by atoms with Gasteiger partial charge in [0.05, 0.1) is 6.61 Å². The van der Waals surface area contributed by atoms with Crippen molar-refractivity contribution in [3.63, 3.8) is 0 Å². The molecule has 0 aromatic heterocycles. The minimum Gasteiger partial charge on any atom is -0.490 e. The smallest absolute Gasteiger partial charge is 0.344 e. The third-order valence-electron chi connectivity index (χ3n) is 2.99.